The van der Waals surface area contributed by atoms with Gasteiger partial charge in [0.15, 0.2) is 39.3 Å². The number of rotatable bonds is 23. The molecular weight excluding hydrogens is 1120 g/mol. The van der Waals surface area contributed by atoms with Crippen LogP contribution >= 0.6 is 24.4 Å². The SMILES string of the molecule is Nc1c(/N=N/c2ccc(S(=O)(=O)Nc3ccc(/N=N/c4c(O)ccc(N=Nc5ccc([N+](=O)[O-])cc5)c4O)cc3)cc2)c(S(=O)(=O)O)cc2cc(SOOO)c(/N=N/c3ccc(S(=O)(=O)CCOSOOO)cc3)c(O)c12. The van der Waals surface area contributed by atoms with E-state index in [9.17, 15) is 55.2 Å². The predicted molar refractivity (Wildman–Crippen MR) is 271 cm³/mol. The van der Waals surface area contributed by atoms with Gasteiger partial charge in [-0.1, -0.05) is 10.1 Å². The van der Waals surface area contributed by atoms with Crippen LogP contribution in [0.3, 0.4) is 0 Å². The molecule has 0 heterocycles. The number of benzene rings is 7. The molecule has 0 saturated heterocycles. The van der Waals surface area contributed by atoms with Crippen molar-refractivity contribution in [3.05, 3.63) is 131 Å². The van der Waals surface area contributed by atoms with Gasteiger partial charge in [0, 0.05) is 17.8 Å². The van der Waals surface area contributed by atoms with E-state index in [1.165, 1.54) is 103 Å². The Hall–Kier alpha value is -8.17. The van der Waals surface area contributed by atoms with Crippen LogP contribution in [0.1, 0.15) is 0 Å². The fourth-order valence-corrected chi connectivity index (χ4v) is 10.0. The van der Waals surface area contributed by atoms with E-state index in [0.717, 1.165) is 18.2 Å². The third-order valence-corrected chi connectivity index (χ3v) is 14.9. The quantitative estimate of drug-likeness (QED) is 0.00431. The Kier molecular flexibility index (Phi) is 18.1. The smallest absolute Gasteiger partial charge is 0.296 e. The molecular formula is C42H33N11O19S5. The topological polar surface area (TPSA) is 450 Å². The van der Waals surface area contributed by atoms with E-state index in [4.69, 9.17) is 20.4 Å². The number of anilines is 2. The number of nitrogens with two attached hydrogens (primary N) is 1. The van der Waals surface area contributed by atoms with Gasteiger partial charge in [-0.05, 0) is 115 Å². The number of hydrogen-bond donors (Lipinski definition) is 8. The van der Waals surface area contributed by atoms with Crippen LogP contribution in [0.15, 0.2) is 182 Å². The molecule has 0 bridgehead atoms. The second-order valence-electron chi connectivity index (χ2n) is 14.9. The number of hydrogen-bond acceptors (Lipinski definition) is 29. The van der Waals surface area contributed by atoms with Crippen LogP contribution in [-0.4, -0.2) is 72.9 Å². The van der Waals surface area contributed by atoms with Crippen LogP contribution in [0, 0.1) is 10.1 Å². The van der Waals surface area contributed by atoms with Crippen LogP contribution in [0.2, 0.25) is 0 Å². The lowest BCUT2D eigenvalue weighted by Crippen LogP contribution is -2.12. The van der Waals surface area contributed by atoms with E-state index < -0.39 is 79.9 Å². The molecule has 0 aromatic heterocycles. The predicted octanol–water partition coefficient (Wildman–Crippen LogP) is 11.4. The Balaban J connectivity index is 1.07. The summed E-state index contributed by atoms with van der Waals surface area (Å²) in [4.78, 5) is 8.88. The van der Waals surface area contributed by atoms with Gasteiger partial charge in [0.25, 0.3) is 25.8 Å². The number of nitro benzene ring substituents is 1. The summed E-state index contributed by atoms with van der Waals surface area (Å²) in [5, 5.41) is 98.7. The van der Waals surface area contributed by atoms with E-state index in [1.807, 2.05) is 0 Å². The Labute approximate surface area is 441 Å². The number of fused-ring (bicyclic) bond motifs is 1. The van der Waals surface area contributed by atoms with Crippen molar-refractivity contribution >= 4 is 128 Å². The number of nitrogens with one attached hydrogen (secondary N) is 1. The lowest BCUT2D eigenvalue weighted by atomic mass is 10.1. The van der Waals surface area contributed by atoms with Gasteiger partial charge in [-0.15, -0.1) is 29.1 Å². The molecule has 0 saturated carbocycles. The number of non-ortho nitro benzene ring substituents is 1. The summed E-state index contributed by atoms with van der Waals surface area (Å²) in [5.41, 5.74) is 4.61. The van der Waals surface area contributed by atoms with Crippen molar-refractivity contribution in [2.75, 3.05) is 22.8 Å². The minimum absolute atomic E-state index is 0.0462. The zero-order valence-electron chi connectivity index (χ0n) is 38.1. The molecule has 35 heteroatoms. The summed E-state index contributed by atoms with van der Waals surface area (Å²) >= 11 is 0.480. The summed E-state index contributed by atoms with van der Waals surface area (Å²) in [5.74, 6) is -2.29. The Morgan fingerprint density at radius 2 is 1.16 bits per heavy atom. The maximum Gasteiger partial charge on any atom is 0.296 e. The molecule has 0 aliphatic rings. The second kappa shape index (κ2) is 24.7. The molecule has 0 atom stereocenters. The summed E-state index contributed by atoms with van der Waals surface area (Å²) in [6, 6.07) is 24.7. The monoisotopic (exact) mass is 1160 g/mol. The maximum atomic E-state index is 13.4. The Morgan fingerprint density at radius 3 is 1.73 bits per heavy atom. The fraction of sp³-hybridized carbons (Fsp3) is 0.0476. The number of nitrogens with zero attached hydrogens (tertiary/aromatic N) is 9. The largest absolute Gasteiger partial charge is 0.505 e. The van der Waals surface area contributed by atoms with Gasteiger partial charge in [-0.25, -0.2) is 27.4 Å². The van der Waals surface area contributed by atoms with Gasteiger partial charge in [0.2, 0.25) is 0 Å². The number of aromatic hydroxyl groups is 3. The zero-order valence-corrected chi connectivity index (χ0v) is 42.2. The van der Waals surface area contributed by atoms with Gasteiger partial charge in [-0.3, -0.25) is 23.6 Å². The average Bonchev–Trinajstić information content (AvgIpc) is 3.45. The number of sulfonamides is 1. The molecule has 0 aliphatic carbocycles. The zero-order chi connectivity index (χ0) is 55.5. The fourth-order valence-electron chi connectivity index (χ4n) is 6.39. The molecule has 7 rings (SSSR count). The van der Waals surface area contributed by atoms with Crippen molar-refractivity contribution in [3.8, 4) is 17.2 Å². The standard InChI is InChI=1S/C42H33N11O19S5/c43-37-36-23(21-34(73-71-69-59)39(42(36)56)50-46-26-7-13-30(14-8-26)75(61,62)20-19-68-74-72-70-60)22-35(77(65,66)67)40(37)51-47-27-9-15-31(16-10-27)76(63,64)52-28-3-1-24(2-4-28)45-49-38-33(54)18-17-32(41(38)55)48-44-25-5-11-29(12-6-25)53(57)58/h1-18,21-22,52,54-56,59-60H,19-20,43H2,(H,65,66,67)/b48-44?,49-45+,50-46+,51-47+. The van der Waals surface area contributed by atoms with E-state index in [1.54, 1.807) is 0 Å². The second-order valence-corrected chi connectivity index (χ2v) is 21.3. The highest BCUT2D eigenvalue weighted by atomic mass is 32.2. The molecule has 0 aliphatic heterocycles. The summed E-state index contributed by atoms with van der Waals surface area (Å²) in [6.07, 6.45) is 0. The summed E-state index contributed by atoms with van der Waals surface area (Å²) in [7, 11) is -13.3. The lowest BCUT2D eigenvalue weighted by Gasteiger charge is -2.14. The van der Waals surface area contributed by atoms with Crippen LogP contribution in [0.5, 0.6) is 17.2 Å². The van der Waals surface area contributed by atoms with Crippen molar-refractivity contribution in [1.82, 2.24) is 0 Å². The molecule has 77 heavy (non-hydrogen) atoms. The molecule has 7 aromatic carbocycles. The minimum atomic E-state index is -5.14. The van der Waals surface area contributed by atoms with Crippen LogP contribution in [0.25, 0.3) is 10.8 Å². The van der Waals surface area contributed by atoms with Gasteiger partial charge in [0.1, 0.15) is 27.7 Å². The van der Waals surface area contributed by atoms with Crippen molar-refractivity contribution in [1.29, 1.82) is 0 Å². The van der Waals surface area contributed by atoms with Crippen molar-refractivity contribution in [2.45, 2.75) is 19.6 Å². The van der Waals surface area contributed by atoms with E-state index in [-0.39, 0.29) is 102 Å². The van der Waals surface area contributed by atoms with E-state index in [0.29, 0.717) is 0 Å². The lowest BCUT2D eigenvalue weighted by molar-refractivity contribution is -0.434. The highest BCUT2D eigenvalue weighted by Gasteiger charge is 2.26. The van der Waals surface area contributed by atoms with Gasteiger partial charge >= 0.3 is 0 Å². The molecule has 7 aromatic rings. The van der Waals surface area contributed by atoms with Crippen molar-refractivity contribution in [3.63, 3.8) is 0 Å². The molecule has 400 valence electrons. The number of nitrogen functional groups attached to an aromatic ring is 1. The van der Waals surface area contributed by atoms with Gasteiger partial charge < -0.3 is 21.1 Å². The van der Waals surface area contributed by atoms with Gasteiger partial charge in [-0.2, -0.15) is 28.9 Å². The van der Waals surface area contributed by atoms with Crippen molar-refractivity contribution < 1.29 is 83.5 Å². The number of sulfone groups is 1. The summed E-state index contributed by atoms with van der Waals surface area (Å²) < 4.78 is 103. The third kappa shape index (κ3) is 14.2. The first-order chi connectivity index (χ1) is 36.7. The van der Waals surface area contributed by atoms with Crippen LogP contribution < -0.4 is 10.5 Å². The Morgan fingerprint density at radius 1 is 0.623 bits per heavy atom. The third-order valence-electron chi connectivity index (χ3n) is 9.99. The first kappa shape index (κ1) is 56.6. The van der Waals surface area contributed by atoms with Crippen LogP contribution in [-0.2, 0) is 52.9 Å². The average molecular weight is 1160 g/mol. The highest BCUT2D eigenvalue weighted by molar-refractivity contribution is 7.94. The Bertz CT molecular complexity index is 3800. The minimum Gasteiger partial charge on any atom is -0.505 e. The first-order valence-corrected chi connectivity index (χ1v) is 26.7. The van der Waals surface area contributed by atoms with Gasteiger partial charge in [0.05, 0.1) is 77.8 Å². The number of azo groups is 4. The number of phenols is 3. The first-order valence-electron chi connectivity index (χ1n) is 20.7. The number of phenolic OH excluding ortho intramolecular Hbond substituents is 3. The molecule has 9 N–H and O–H groups in total. The molecule has 0 fully saturated rings. The molecule has 30 nitrogen and oxygen atoms in total. The molecule has 0 radical (unpaired) electrons. The molecule has 0 amide bonds. The summed E-state index contributed by atoms with van der Waals surface area (Å²) in [6.45, 7) is -0.342. The van der Waals surface area contributed by atoms with E-state index >= 15 is 0 Å². The molecule has 0 spiro atoms. The molecule has 0 unspecified atom stereocenters. The highest BCUT2D eigenvalue weighted by Crippen LogP contribution is 2.50. The maximum absolute atomic E-state index is 13.4. The normalized spacial score (nSPS) is 12.5. The van der Waals surface area contributed by atoms with Crippen molar-refractivity contribution in [2.24, 2.45) is 40.9 Å². The van der Waals surface area contributed by atoms with E-state index in [2.05, 4.69) is 64.4 Å². The van der Waals surface area contributed by atoms with Crippen LogP contribution in [0.4, 0.5) is 62.6 Å². The number of nitro groups is 1.